The number of benzene rings is 1. The maximum Gasteiger partial charge on any atom is 0.277 e. The second-order valence-corrected chi connectivity index (χ2v) is 4.16. The number of rotatable bonds is 5. The Bertz CT molecular complexity index is 555. The lowest BCUT2D eigenvalue weighted by molar-refractivity contribution is -0.301. The van der Waals surface area contributed by atoms with Crippen molar-refractivity contribution in [3.8, 4) is 17.2 Å². The van der Waals surface area contributed by atoms with E-state index in [4.69, 9.17) is 9.15 Å². The molecule has 0 aliphatic rings. The number of carbonyl (C=O) groups excluding carboxylic acids is 1. The molecule has 0 saturated heterocycles. The van der Waals surface area contributed by atoms with Crippen LogP contribution in [0, 0.1) is 0 Å². The average molecular weight is 265 g/mol. The number of thioether (sulfide) groups is 1. The van der Waals surface area contributed by atoms with Crippen LogP contribution in [0.2, 0.25) is 0 Å². The van der Waals surface area contributed by atoms with E-state index in [0.29, 0.717) is 11.3 Å². The molecular formula is C11H9N2O4S-. The molecule has 0 aliphatic carbocycles. The molecule has 18 heavy (non-hydrogen) atoms. The Morgan fingerprint density at radius 1 is 1.44 bits per heavy atom. The van der Waals surface area contributed by atoms with E-state index in [1.807, 2.05) is 12.1 Å². The van der Waals surface area contributed by atoms with Crippen LogP contribution in [0.1, 0.15) is 0 Å². The summed E-state index contributed by atoms with van der Waals surface area (Å²) in [6.45, 7) is 0. The second kappa shape index (κ2) is 5.54. The molecule has 0 atom stereocenters. The fourth-order valence-corrected chi connectivity index (χ4v) is 1.80. The van der Waals surface area contributed by atoms with Gasteiger partial charge in [-0.3, -0.25) is 0 Å². The molecule has 1 aromatic heterocycles. The third kappa shape index (κ3) is 2.80. The number of para-hydroxylation sites is 1. The molecule has 0 radical (unpaired) electrons. The maximum atomic E-state index is 10.3. The topological polar surface area (TPSA) is 88.3 Å². The molecule has 0 unspecified atom stereocenters. The van der Waals surface area contributed by atoms with Crippen molar-refractivity contribution in [3.63, 3.8) is 0 Å². The summed E-state index contributed by atoms with van der Waals surface area (Å²) in [6.07, 6.45) is 0. The molecular weight excluding hydrogens is 256 g/mol. The molecule has 2 aromatic rings. The highest BCUT2D eigenvalue weighted by Gasteiger charge is 2.12. The predicted octanol–water partition coefficient (Wildman–Crippen LogP) is 0.587. The number of methoxy groups -OCH3 is 1. The minimum absolute atomic E-state index is 0.181. The molecule has 6 nitrogen and oxygen atoms in total. The van der Waals surface area contributed by atoms with Crippen LogP contribution in [-0.2, 0) is 4.79 Å². The first-order valence-electron chi connectivity index (χ1n) is 5.00. The number of hydrogen-bond acceptors (Lipinski definition) is 7. The first-order chi connectivity index (χ1) is 8.70. The fourth-order valence-electron chi connectivity index (χ4n) is 1.32. The molecule has 0 spiro atoms. The SMILES string of the molecule is COc1ccccc1-c1nnc(SCC(=O)[O-])o1. The first kappa shape index (κ1) is 12.4. The number of carbonyl (C=O) groups is 1. The van der Waals surface area contributed by atoms with Crippen molar-refractivity contribution in [1.29, 1.82) is 0 Å². The van der Waals surface area contributed by atoms with E-state index >= 15 is 0 Å². The number of aliphatic carboxylic acids is 1. The molecule has 0 aliphatic heterocycles. The summed E-state index contributed by atoms with van der Waals surface area (Å²) in [7, 11) is 1.54. The zero-order chi connectivity index (χ0) is 13.0. The van der Waals surface area contributed by atoms with Crippen molar-refractivity contribution >= 4 is 17.7 Å². The third-order valence-corrected chi connectivity index (χ3v) is 2.85. The number of hydrogen-bond donors (Lipinski definition) is 0. The van der Waals surface area contributed by atoms with Gasteiger partial charge in [0.05, 0.1) is 18.6 Å². The Morgan fingerprint density at radius 2 is 2.22 bits per heavy atom. The van der Waals surface area contributed by atoms with Gasteiger partial charge in [-0.05, 0) is 12.1 Å². The summed E-state index contributed by atoms with van der Waals surface area (Å²) in [4.78, 5) is 10.3. The molecule has 0 fully saturated rings. The number of carboxylic acids is 1. The van der Waals surface area contributed by atoms with Crippen LogP contribution in [0.15, 0.2) is 33.9 Å². The Labute approximate surface area is 107 Å². The number of ether oxygens (including phenoxy) is 1. The monoisotopic (exact) mass is 265 g/mol. The third-order valence-electron chi connectivity index (χ3n) is 2.06. The van der Waals surface area contributed by atoms with Crippen molar-refractivity contribution in [2.75, 3.05) is 12.9 Å². The zero-order valence-corrected chi connectivity index (χ0v) is 10.3. The van der Waals surface area contributed by atoms with Gasteiger partial charge in [-0.15, -0.1) is 10.2 Å². The summed E-state index contributed by atoms with van der Waals surface area (Å²) in [5.41, 5.74) is 0.660. The minimum atomic E-state index is -1.18. The van der Waals surface area contributed by atoms with Crippen LogP contribution >= 0.6 is 11.8 Å². The lowest BCUT2D eigenvalue weighted by Crippen LogP contribution is -2.24. The smallest absolute Gasteiger partial charge is 0.277 e. The maximum absolute atomic E-state index is 10.3. The predicted molar refractivity (Wildman–Crippen MR) is 62.0 cm³/mol. The molecule has 0 amide bonds. The fraction of sp³-hybridized carbons (Fsp3) is 0.182. The molecule has 0 bridgehead atoms. The normalized spacial score (nSPS) is 10.3. The Kier molecular flexibility index (Phi) is 3.83. The zero-order valence-electron chi connectivity index (χ0n) is 9.45. The van der Waals surface area contributed by atoms with E-state index in [9.17, 15) is 9.90 Å². The van der Waals surface area contributed by atoms with Crippen LogP contribution in [0.5, 0.6) is 5.75 Å². The van der Waals surface area contributed by atoms with Gasteiger partial charge in [0.25, 0.3) is 11.1 Å². The molecule has 7 heteroatoms. The van der Waals surface area contributed by atoms with Crippen LogP contribution in [0.25, 0.3) is 11.5 Å². The van der Waals surface area contributed by atoms with Gasteiger partial charge in [0, 0.05) is 5.75 Å². The second-order valence-electron chi connectivity index (χ2n) is 3.23. The molecule has 1 aromatic carbocycles. The van der Waals surface area contributed by atoms with Gasteiger partial charge in [-0.25, -0.2) is 0 Å². The van der Waals surface area contributed by atoms with Crippen LogP contribution in [0.4, 0.5) is 0 Å². The first-order valence-corrected chi connectivity index (χ1v) is 5.99. The van der Waals surface area contributed by atoms with Gasteiger partial charge in [0.1, 0.15) is 5.75 Å². The summed E-state index contributed by atoms with van der Waals surface area (Å²) < 4.78 is 10.5. The van der Waals surface area contributed by atoms with Gasteiger partial charge < -0.3 is 19.1 Å². The van der Waals surface area contributed by atoms with Gasteiger partial charge in [-0.2, -0.15) is 0 Å². The quantitative estimate of drug-likeness (QED) is 0.731. The van der Waals surface area contributed by atoms with Gasteiger partial charge in [0.2, 0.25) is 0 Å². The van der Waals surface area contributed by atoms with E-state index in [1.54, 1.807) is 19.2 Å². The van der Waals surface area contributed by atoms with Crippen molar-refractivity contribution in [2.45, 2.75) is 5.22 Å². The van der Waals surface area contributed by atoms with Crippen molar-refractivity contribution < 1.29 is 19.1 Å². The highest BCUT2D eigenvalue weighted by molar-refractivity contribution is 7.99. The lowest BCUT2D eigenvalue weighted by Gasteiger charge is -2.03. The van der Waals surface area contributed by atoms with E-state index in [-0.39, 0.29) is 16.9 Å². The van der Waals surface area contributed by atoms with E-state index in [0.717, 1.165) is 11.8 Å². The molecule has 0 saturated carbocycles. The lowest BCUT2D eigenvalue weighted by atomic mass is 10.2. The molecule has 0 N–H and O–H groups in total. The number of carboxylic acid groups (broad SMARTS) is 1. The van der Waals surface area contributed by atoms with Crippen molar-refractivity contribution in [1.82, 2.24) is 10.2 Å². The van der Waals surface area contributed by atoms with Gasteiger partial charge in [-0.1, -0.05) is 23.9 Å². The Morgan fingerprint density at radius 3 is 2.94 bits per heavy atom. The number of aromatic nitrogens is 2. The molecule has 2 rings (SSSR count). The van der Waals surface area contributed by atoms with Crippen molar-refractivity contribution in [3.05, 3.63) is 24.3 Å². The highest BCUT2D eigenvalue weighted by Crippen LogP contribution is 2.30. The van der Waals surface area contributed by atoms with E-state index in [2.05, 4.69) is 10.2 Å². The largest absolute Gasteiger partial charge is 0.549 e. The highest BCUT2D eigenvalue weighted by atomic mass is 32.2. The van der Waals surface area contributed by atoms with Crippen LogP contribution < -0.4 is 9.84 Å². The number of nitrogens with zero attached hydrogens (tertiary/aromatic N) is 2. The van der Waals surface area contributed by atoms with Gasteiger partial charge in [0.15, 0.2) is 0 Å². The summed E-state index contributed by atoms with van der Waals surface area (Å²) in [6, 6.07) is 7.19. The van der Waals surface area contributed by atoms with E-state index < -0.39 is 5.97 Å². The van der Waals surface area contributed by atoms with Crippen molar-refractivity contribution in [2.24, 2.45) is 0 Å². The van der Waals surface area contributed by atoms with Crippen LogP contribution in [0.3, 0.4) is 0 Å². The summed E-state index contributed by atoms with van der Waals surface area (Å²) >= 11 is 0.914. The summed E-state index contributed by atoms with van der Waals surface area (Å²) in [5.74, 6) is -0.518. The minimum Gasteiger partial charge on any atom is -0.549 e. The standard InChI is InChI=1S/C11H10N2O4S/c1-16-8-5-3-2-4-7(8)10-12-13-11(17-10)18-6-9(14)15/h2-5H,6H2,1H3,(H,14,15)/p-1. The Balaban J connectivity index is 2.21. The van der Waals surface area contributed by atoms with Crippen LogP contribution in [-0.4, -0.2) is 29.0 Å². The average Bonchev–Trinajstić information content (AvgIpc) is 2.85. The Hall–Kier alpha value is -2.02. The van der Waals surface area contributed by atoms with E-state index in [1.165, 1.54) is 0 Å². The molecule has 1 heterocycles. The summed E-state index contributed by atoms with van der Waals surface area (Å²) in [5, 5.41) is 18.1. The van der Waals surface area contributed by atoms with Gasteiger partial charge >= 0.3 is 0 Å². The molecule has 94 valence electrons.